The van der Waals surface area contributed by atoms with Gasteiger partial charge in [0, 0.05) is 33.0 Å². The summed E-state index contributed by atoms with van der Waals surface area (Å²) in [5, 5.41) is 20.2. The summed E-state index contributed by atoms with van der Waals surface area (Å²) in [5.41, 5.74) is 1.79. The van der Waals surface area contributed by atoms with Crippen LogP contribution in [0.2, 0.25) is 0 Å². The summed E-state index contributed by atoms with van der Waals surface area (Å²) >= 11 is 1.40. The molecule has 0 spiro atoms. The van der Waals surface area contributed by atoms with E-state index < -0.39 is 5.97 Å². The molecule has 0 unspecified atom stereocenters. The minimum absolute atomic E-state index is 0.124. The smallest absolute Gasteiger partial charge is 0.305 e. The largest absolute Gasteiger partial charge is 0.508 e. The Morgan fingerprint density at radius 3 is 2.26 bits per heavy atom. The molecule has 1 heterocycles. The Hall–Kier alpha value is -3.84. The molecule has 0 radical (unpaired) electrons. The summed E-state index contributed by atoms with van der Waals surface area (Å²) < 4.78 is 10.9. The van der Waals surface area contributed by atoms with Gasteiger partial charge in [-0.05, 0) is 72.3 Å². The zero-order valence-electron chi connectivity index (χ0n) is 16.5. The molecule has 4 rings (SSSR count). The van der Waals surface area contributed by atoms with Crippen molar-refractivity contribution in [2.24, 2.45) is 0 Å². The molecule has 156 valence electrons. The highest BCUT2D eigenvalue weighted by Gasteiger charge is 2.22. The van der Waals surface area contributed by atoms with Gasteiger partial charge in [-0.2, -0.15) is 0 Å². The molecule has 0 fully saturated rings. The van der Waals surface area contributed by atoms with Gasteiger partial charge >= 0.3 is 5.97 Å². The van der Waals surface area contributed by atoms with Gasteiger partial charge in [0.1, 0.15) is 17.2 Å². The quantitative estimate of drug-likeness (QED) is 0.249. The van der Waals surface area contributed by atoms with Crippen molar-refractivity contribution in [3.05, 3.63) is 77.9 Å². The molecular formula is C24H18O6S. The fourth-order valence-corrected chi connectivity index (χ4v) is 4.39. The molecule has 7 heteroatoms. The van der Waals surface area contributed by atoms with E-state index in [0.29, 0.717) is 16.9 Å². The number of hydrogen-bond donors (Lipinski definition) is 2. The summed E-state index contributed by atoms with van der Waals surface area (Å²) in [6.07, 6.45) is 0. The lowest BCUT2D eigenvalue weighted by molar-refractivity contribution is -0.147. The average molecular weight is 434 g/mol. The second-order valence-corrected chi connectivity index (χ2v) is 7.84. The zero-order valence-corrected chi connectivity index (χ0v) is 17.3. The van der Waals surface area contributed by atoms with E-state index in [4.69, 9.17) is 9.47 Å². The summed E-state index contributed by atoms with van der Waals surface area (Å²) in [6, 6.07) is 18.1. The predicted molar refractivity (Wildman–Crippen MR) is 118 cm³/mol. The van der Waals surface area contributed by atoms with E-state index in [1.165, 1.54) is 18.3 Å². The Bertz CT molecular complexity index is 1260. The summed E-state index contributed by atoms with van der Waals surface area (Å²) in [4.78, 5) is 25.0. The molecular weight excluding hydrogens is 416 g/mol. The number of aromatic hydroxyl groups is 2. The van der Waals surface area contributed by atoms with Gasteiger partial charge in [-0.3, -0.25) is 9.59 Å². The second kappa shape index (κ2) is 8.49. The molecule has 0 atom stereocenters. The third-order valence-corrected chi connectivity index (χ3v) is 5.84. The van der Waals surface area contributed by atoms with Gasteiger partial charge in [0.05, 0.1) is 0 Å². The number of thiophene rings is 1. The fraction of sp³-hybridized carbons (Fsp3) is 0.0833. The van der Waals surface area contributed by atoms with E-state index in [9.17, 15) is 19.8 Å². The van der Waals surface area contributed by atoms with E-state index in [0.717, 1.165) is 20.5 Å². The summed E-state index contributed by atoms with van der Waals surface area (Å²) in [7, 11) is 0. The fourth-order valence-electron chi connectivity index (χ4n) is 3.15. The maximum absolute atomic E-state index is 13.5. The highest BCUT2D eigenvalue weighted by molar-refractivity contribution is 7.22. The van der Waals surface area contributed by atoms with Crippen molar-refractivity contribution in [3.8, 4) is 27.7 Å². The van der Waals surface area contributed by atoms with Crippen LogP contribution in [0.3, 0.4) is 0 Å². The van der Waals surface area contributed by atoms with Gasteiger partial charge in [-0.25, -0.2) is 0 Å². The minimum atomic E-state index is -0.441. The number of ether oxygens (including phenoxy) is 2. The number of phenols is 2. The zero-order chi connectivity index (χ0) is 22.0. The van der Waals surface area contributed by atoms with Crippen molar-refractivity contribution in [2.45, 2.75) is 6.92 Å². The predicted octanol–water partition coefficient (Wildman–Crippen LogP) is 5.11. The van der Waals surface area contributed by atoms with Crippen LogP contribution in [0.25, 0.3) is 20.5 Å². The van der Waals surface area contributed by atoms with Crippen LogP contribution in [0, 0.1) is 0 Å². The van der Waals surface area contributed by atoms with Crippen LogP contribution < -0.4 is 4.74 Å². The molecule has 0 amide bonds. The van der Waals surface area contributed by atoms with Gasteiger partial charge in [0.2, 0.25) is 6.79 Å². The Morgan fingerprint density at radius 1 is 0.903 bits per heavy atom. The number of carbonyl (C=O) groups excluding carboxylic acids is 2. The third-order valence-electron chi connectivity index (χ3n) is 4.63. The van der Waals surface area contributed by atoms with Crippen molar-refractivity contribution in [1.82, 2.24) is 0 Å². The molecule has 2 N–H and O–H groups in total. The number of ketones is 1. The molecule has 31 heavy (non-hydrogen) atoms. The van der Waals surface area contributed by atoms with E-state index in [-0.39, 0.29) is 24.1 Å². The van der Waals surface area contributed by atoms with Crippen LogP contribution in [0.1, 0.15) is 22.8 Å². The first-order chi connectivity index (χ1) is 14.9. The number of hydrogen-bond acceptors (Lipinski definition) is 7. The number of carbonyl (C=O) groups is 2. The number of esters is 1. The van der Waals surface area contributed by atoms with Gasteiger partial charge in [-0.15, -0.1) is 11.3 Å². The maximum Gasteiger partial charge on any atom is 0.305 e. The van der Waals surface area contributed by atoms with E-state index in [2.05, 4.69) is 0 Å². The molecule has 4 aromatic rings. The van der Waals surface area contributed by atoms with Crippen molar-refractivity contribution < 1.29 is 29.3 Å². The number of rotatable bonds is 6. The van der Waals surface area contributed by atoms with Gasteiger partial charge in [0.25, 0.3) is 0 Å². The van der Waals surface area contributed by atoms with Gasteiger partial charge in [-0.1, -0.05) is 0 Å². The first-order valence-corrected chi connectivity index (χ1v) is 10.2. The number of phenolic OH excluding ortho intramolecular Hbond substituents is 2. The molecule has 1 aromatic heterocycles. The van der Waals surface area contributed by atoms with Crippen LogP contribution in [0.15, 0.2) is 66.7 Å². The SMILES string of the molecule is CC(=O)OCOc1ccc(C(=O)c2c(-c3ccc(O)cc3)sc3cc(O)ccc23)cc1. The molecule has 0 aliphatic rings. The van der Waals surface area contributed by atoms with Crippen molar-refractivity contribution >= 4 is 33.2 Å². The topological polar surface area (TPSA) is 93.1 Å². The molecule has 0 saturated carbocycles. The van der Waals surface area contributed by atoms with E-state index in [1.807, 2.05) is 0 Å². The lowest BCUT2D eigenvalue weighted by Gasteiger charge is -2.08. The average Bonchev–Trinajstić information content (AvgIpc) is 3.12. The van der Waals surface area contributed by atoms with Crippen LogP contribution in [0.5, 0.6) is 17.2 Å². The monoisotopic (exact) mass is 434 g/mol. The molecule has 0 bridgehead atoms. The summed E-state index contributed by atoms with van der Waals surface area (Å²) in [6.45, 7) is 1.09. The molecule has 0 aliphatic heterocycles. The highest BCUT2D eigenvalue weighted by atomic mass is 32.1. The van der Waals surface area contributed by atoms with Crippen LogP contribution in [0.4, 0.5) is 0 Å². The Kier molecular flexibility index (Phi) is 5.60. The second-order valence-electron chi connectivity index (χ2n) is 6.79. The van der Waals surface area contributed by atoms with Crippen LogP contribution >= 0.6 is 11.3 Å². The standard InChI is InChI=1S/C24H18O6S/c1-14(25)29-13-30-19-9-4-15(5-10-19)23(28)22-20-11-8-18(27)12-21(20)31-24(22)16-2-6-17(26)7-3-16/h2-12,26-27H,13H2,1H3. The maximum atomic E-state index is 13.5. The van der Waals surface area contributed by atoms with Crippen LogP contribution in [-0.2, 0) is 9.53 Å². The number of benzene rings is 3. The highest BCUT2D eigenvalue weighted by Crippen LogP contribution is 2.41. The van der Waals surface area contributed by atoms with Crippen molar-refractivity contribution in [1.29, 1.82) is 0 Å². The first kappa shape index (κ1) is 20.4. The Morgan fingerprint density at radius 2 is 1.58 bits per heavy atom. The lowest BCUT2D eigenvalue weighted by Crippen LogP contribution is -2.07. The normalized spacial score (nSPS) is 10.7. The van der Waals surface area contributed by atoms with Crippen molar-refractivity contribution in [3.63, 3.8) is 0 Å². The molecule has 0 saturated heterocycles. The third kappa shape index (κ3) is 4.36. The number of fused-ring (bicyclic) bond motifs is 1. The van der Waals surface area contributed by atoms with Gasteiger partial charge in [0.15, 0.2) is 5.78 Å². The Labute approximate surface area is 181 Å². The Balaban J connectivity index is 1.72. The van der Waals surface area contributed by atoms with Crippen LogP contribution in [-0.4, -0.2) is 28.8 Å². The molecule has 3 aromatic carbocycles. The molecule has 0 aliphatic carbocycles. The molecule has 6 nitrogen and oxygen atoms in total. The first-order valence-electron chi connectivity index (χ1n) is 9.38. The van der Waals surface area contributed by atoms with E-state index >= 15 is 0 Å². The van der Waals surface area contributed by atoms with E-state index in [1.54, 1.807) is 66.7 Å². The summed E-state index contributed by atoms with van der Waals surface area (Å²) in [5.74, 6) is 0.117. The van der Waals surface area contributed by atoms with Gasteiger partial charge < -0.3 is 19.7 Å². The minimum Gasteiger partial charge on any atom is -0.508 e. The lowest BCUT2D eigenvalue weighted by atomic mass is 9.97. The van der Waals surface area contributed by atoms with Crippen molar-refractivity contribution in [2.75, 3.05) is 6.79 Å².